The Bertz CT molecular complexity index is 1410. The molecule has 5 N–H and O–H groups in total. The molecule has 6 rings (SSSR count). The van der Waals surface area contributed by atoms with Crippen molar-refractivity contribution >= 4 is 39.8 Å². The van der Waals surface area contributed by atoms with Crippen molar-refractivity contribution in [1.29, 1.82) is 0 Å². The highest BCUT2D eigenvalue weighted by Crippen LogP contribution is 2.15. The van der Waals surface area contributed by atoms with E-state index in [0.717, 1.165) is 32.9 Å². The summed E-state index contributed by atoms with van der Waals surface area (Å²) in [5.74, 6) is 0.0515. The Morgan fingerprint density at radius 3 is 1.65 bits per heavy atom. The molecule has 0 bridgehead atoms. The highest BCUT2D eigenvalue weighted by Gasteiger charge is 2.16. The minimum atomic E-state index is -0.448. The van der Waals surface area contributed by atoms with Crippen molar-refractivity contribution in [3.8, 4) is 0 Å². The van der Waals surface area contributed by atoms with Crippen LogP contribution in [0, 0.1) is 0 Å². The second-order valence-electron chi connectivity index (χ2n) is 7.51. The summed E-state index contributed by atoms with van der Waals surface area (Å²) in [5.41, 5.74) is 13.9. The second kappa shape index (κ2) is 9.74. The van der Waals surface area contributed by atoms with Crippen LogP contribution in [0.4, 0.5) is 9.59 Å². The van der Waals surface area contributed by atoms with Crippen LogP contribution in [0.5, 0.6) is 0 Å². The number of para-hydroxylation sites is 2. The van der Waals surface area contributed by atoms with Gasteiger partial charge in [-0.1, -0.05) is 54.6 Å². The van der Waals surface area contributed by atoms with Gasteiger partial charge in [-0.25, -0.2) is 9.59 Å². The zero-order chi connectivity index (χ0) is 24.1. The normalized spacial score (nSPS) is 11.6. The summed E-state index contributed by atoms with van der Waals surface area (Å²) < 4.78 is 2.85. The number of aromatic nitrogens is 2. The number of carbonyl (C=O) groups is 3. The molecule has 0 saturated heterocycles. The standard InChI is InChI=1S/2C9H8N2O.C8H7NO/c2*10-9(12)11-6-5-7-3-1-2-4-8(7)11;10-8-7-4-2-1-3-6(7)5-9-8/h2*1-6H,(H2,10,12);1-4H,5H2,(H,9,10). The quantitative estimate of drug-likeness (QED) is 0.327. The zero-order valence-electron chi connectivity index (χ0n) is 18.2. The molecule has 1 aliphatic rings. The topological polar surface area (TPSA) is 125 Å². The summed E-state index contributed by atoms with van der Waals surface area (Å²) in [6.45, 7) is 0.689. The Morgan fingerprint density at radius 2 is 1.15 bits per heavy atom. The van der Waals surface area contributed by atoms with Crippen LogP contribution in [0.1, 0.15) is 15.9 Å². The molecular weight excluding hydrogens is 430 g/mol. The van der Waals surface area contributed by atoms with Gasteiger partial charge in [0.2, 0.25) is 0 Å². The molecule has 0 spiro atoms. The molecule has 3 amide bonds. The first-order valence-electron chi connectivity index (χ1n) is 10.5. The zero-order valence-corrected chi connectivity index (χ0v) is 18.2. The Balaban J connectivity index is 0.000000121. The fourth-order valence-corrected chi connectivity index (χ4v) is 3.72. The van der Waals surface area contributed by atoms with Crippen molar-refractivity contribution in [1.82, 2.24) is 14.5 Å². The highest BCUT2D eigenvalue weighted by atomic mass is 16.2. The predicted molar refractivity (Wildman–Crippen MR) is 131 cm³/mol. The number of nitrogens with zero attached hydrogens (tertiary/aromatic N) is 2. The lowest BCUT2D eigenvalue weighted by molar-refractivity contribution is 0.0965. The van der Waals surface area contributed by atoms with Crippen molar-refractivity contribution in [3.63, 3.8) is 0 Å². The SMILES string of the molecule is NC(=O)n1ccc2ccccc21.NC(=O)n1ccc2ccccc21.O=C1NCc2ccccc21. The van der Waals surface area contributed by atoms with Gasteiger partial charge in [0.05, 0.1) is 11.0 Å². The Hall–Kier alpha value is -4.85. The van der Waals surface area contributed by atoms with Gasteiger partial charge >= 0.3 is 12.1 Å². The van der Waals surface area contributed by atoms with E-state index in [1.807, 2.05) is 84.9 Å². The molecule has 3 heterocycles. The predicted octanol–water partition coefficient (Wildman–Crippen LogP) is 4.07. The number of nitrogens with two attached hydrogens (primary N) is 2. The summed E-state index contributed by atoms with van der Waals surface area (Å²) >= 11 is 0. The summed E-state index contributed by atoms with van der Waals surface area (Å²) in [6.07, 6.45) is 3.35. The molecule has 5 aromatic rings. The number of fused-ring (bicyclic) bond motifs is 3. The van der Waals surface area contributed by atoms with Gasteiger partial charge in [0.25, 0.3) is 5.91 Å². The van der Waals surface area contributed by atoms with Crippen LogP contribution in [-0.2, 0) is 6.54 Å². The van der Waals surface area contributed by atoms with Gasteiger partial charge in [-0.2, -0.15) is 0 Å². The molecule has 0 aliphatic carbocycles. The van der Waals surface area contributed by atoms with E-state index in [9.17, 15) is 14.4 Å². The molecule has 1 aliphatic heterocycles. The summed E-state index contributed by atoms with van der Waals surface area (Å²) in [4.78, 5) is 32.7. The van der Waals surface area contributed by atoms with Crippen molar-refractivity contribution in [2.45, 2.75) is 6.54 Å². The fraction of sp³-hybridized carbons (Fsp3) is 0.0385. The monoisotopic (exact) mass is 453 g/mol. The molecule has 3 aromatic carbocycles. The van der Waals surface area contributed by atoms with Crippen LogP contribution in [-0.4, -0.2) is 27.1 Å². The summed E-state index contributed by atoms with van der Waals surface area (Å²) in [5, 5.41) is 4.79. The smallest absolute Gasteiger partial charge is 0.323 e. The Morgan fingerprint density at radius 1 is 0.676 bits per heavy atom. The van der Waals surface area contributed by atoms with E-state index in [1.54, 1.807) is 12.4 Å². The number of benzene rings is 3. The van der Waals surface area contributed by atoms with Gasteiger partial charge in [-0.05, 0) is 35.9 Å². The van der Waals surface area contributed by atoms with Gasteiger partial charge in [0.1, 0.15) is 0 Å². The Kier molecular flexibility index (Phi) is 6.40. The first kappa shape index (κ1) is 22.3. The number of primary amides is 2. The third-order valence-corrected chi connectivity index (χ3v) is 5.38. The molecule has 2 aromatic heterocycles. The van der Waals surface area contributed by atoms with Crippen LogP contribution < -0.4 is 16.8 Å². The number of rotatable bonds is 0. The van der Waals surface area contributed by atoms with Gasteiger partial charge < -0.3 is 16.8 Å². The molecule has 34 heavy (non-hydrogen) atoms. The maximum absolute atomic E-state index is 11.0. The fourth-order valence-electron chi connectivity index (χ4n) is 3.72. The highest BCUT2D eigenvalue weighted by molar-refractivity contribution is 5.98. The lowest BCUT2D eigenvalue weighted by Gasteiger charge is -1.96. The summed E-state index contributed by atoms with van der Waals surface area (Å²) in [7, 11) is 0. The lowest BCUT2D eigenvalue weighted by Crippen LogP contribution is -2.17. The molecule has 0 fully saturated rings. The number of nitrogens with one attached hydrogen (secondary N) is 1. The average Bonchev–Trinajstić information content (AvgIpc) is 3.57. The van der Waals surface area contributed by atoms with Crippen LogP contribution >= 0.6 is 0 Å². The van der Waals surface area contributed by atoms with Crippen molar-refractivity contribution in [2.75, 3.05) is 0 Å². The van der Waals surface area contributed by atoms with E-state index in [-0.39, 0.29) is 5.91 Å². The maximum atomic E-state index is 11.0. The van der Waals surface area contributed by atoms with E-state index in [1.165, 1.54) is 9.13 Å². The minimum Gasteiger partial charge on any atom is -0.351 e. The second-order valence-corrected chi connectivity index (χ2v) is 7.51. The van der Waals surface area contributed by atoms with Crippen LogP contribution in [0.3, 0.4) is 0 Å². The van der Waals surface area contributed by atoms with E-state index in [0.29, 0.717) is 6.54 Å². The molecule has 0 saturated carbocycles. The minimum absolute atomic E-state index is 0.0515. The van der Waals surface area contributed by atoms with Crippen molar-refractivity contribution < 1.29 is 14.4 Å². The summed E-state index contributed by atoms with van der Waals surface area (Å²) in [6, 6.07) is 25.7. The molecular formula is C26H23N5O3. The molecule has 8 nitrogen and oxygen atoms in total. The molecule has 170 valence electrons. The molecule has 8 heteroatoms. The number of hydrogen-bond acceptors (Lipinski definition) is 3. The third-order valence-electron chi connectivity index (χ3n) is 5.38. The average molecular weight is 454 g/mol. The van der Waals surface area contributed by atoms with E-state index < -0.39 is 12.1 Å². The lowest BCUT2D eigenvalue weighted by atomic mass is 10.1. The first-order valence-corrected chi connectivity index (χ1v) is 10.5. The first-order chi connectivity index (χ1) is 16.5. The molecule has 0 atom stereocenters. The van der Waals surface area contributed by atoms with Crippen molar-refractivity contribution in [2.24, 2.45) is 11.5 Å². The van der Waals surface area contributed by atoms with Crippen LogP contribution in [0.25, 0.3) is 21.8 Å². The van der Waals surface area contributed by atoms with Gasteiger partial charge in [-0.15, -0.1) is 0 Å². The van der Waals surface area contributed by atoms with Crippen molar-refractivity contribution in [3.05, 3.63) is 108 Å². The Labute approximate surface area is 195 Å². The van der Waals surface area contributed by atoms with E-state index in [2.05, 4.69) is 5.32 Å². The number of hydrogen-bond donors (Lipinski definition) is 3. The van der Waals surface area contributed by atoms with Gasteiger partial charge in [0.15, 0.2) is 0 Å². The third kappa shape index (κ3) is 4.66. The largest absolute Gasteiger partial charge is 0.351 e. The van der Waals surface area contributed by atoms with Crippen LogP contribution in [0.2, 0.25) is 0 Å². The number of amides is 3. The van der Waals surface area contributed by atoms with Gasteiger partial charge in [-0.3, -0.25) is 13.9 Å². The van der Waals surface area contributed by atoms with E-state index >= 15 is 0 Å². The number of carbonyl (C=O) groups excluding carboxylic acids is 3. The van der Waals surface area contributed by atoms with E-state index in [4.69, 9.17) is 11.5 Å². The molecule has 0 unspecified atom stereocenters. The van der Waals surface area contributed by atoms with Crippen LogP contribution in [0.15, 0.2) is 97.3 Å². The molecule has 0 radical (unpaired) electrons. The van der Waals surface area contributed by atoms with Gasteiger partial charge in [0, 0.05) is 35.3 Å². The maximum Gasteiger partial charge on any atom is 0.323 e.